The van der Waals surface area contributed by atoms with Gasteiger partial charge in [-0.25, -0.2) is 9.98 Å². The highest BCUT2D eigenvalue weighted by atomic mass is 32.1. The second-order valence-electron chi connectivity index (χ2n) is 6.46. The molecular formula is C22H20N4O2S. The van der Waals surface area contributed by atoms with Gasteiger partial charge in [-0.05, 0) is 35.9 Å². The molecule has 6 nitrogen and oxygen atoms in total. The Labute approximate surface area is 173 Å². The average Bonchev–Trinajstić information content (AvgIpc) is 3.18. The number of ether oxygens (including phenoxy) is 2. The van der Waals surface area contributed by atoms with Gasteiger partial charge >= 0.3 is 0 Å². The Morgan fingerprint density at radius 3 is 2.76 bits per heavy atom. The first-order valence-electron chi connectivity index (χ1n) is 9.30. The van der Waals surface area contributed by atoms with E-state index in [0.717, 1.165) is 33.1 Å². The summed E-state index contributed by atoms with van der Waals surface area (Å²) in [6.45, 7) is 0.472. The monoisotopic (exact) mass is 404 g/mol. The lowest BCUT2D eigenvalue weighted by molar-refractivity contribution is 0.297. The number of nitriles is 1. The van der Waals surface area contributed by atoms with Crippen molar-refractivity contribution in [3.8, 4) is 11.8 Å². The summed E-state index contributed by atoms with van der Waals surface area (Å²) in [6, 6.07) is 18.5. The van der Waals surface area contributed by atoms with Gasteiger partial charge in [-0.2, -0.15) is 5.26 Å². The van der Waals surface area contributed by atoms with Crippen LogP contribution in [0.1, 0.15) is 12.0 Å². The molecule has 3 aromatic rings. The second kappa shape index (κ2) is 8.76. The van der Waals surface area contributed by atoms with E-state index >= 15 is 0 Å². The third-order valence-electron chi connectivity index (χ3n) is 4.60. The fourth-order valence-electron chi connectivity index (χ4n) is 3.10. The molecule has 146 valence electrons. The molecule has 2 aromatic carbocycles. The molecule has 1 aliphatic heterocycles. The summed E-state index contributed by atoms with van der Waals surface area (Å²) < 4.78 is 12.3. The fraction of sp³-hybridized carbons (Fsp3) is 0.227. The molecule has 0 bridgehead atoms. The van der Waals surface area contributed by atoms with Crippen molar-refractivity contribution in [1.82, 2.24) is 4.98 Å². The lowest BCUT2D eigenvalue weighted by Crippen LogP contribution is -2.42. The van der Waals surface area contributed by atoms with Crippen molar-refractivity contribution in [3.63, 3.8) is 0 Å². The van der Waals surface area contributed by atoms with Gasteiger partial charge in [0.1, 0.15) is 5.75 Å². The summed E-state index contributed by atoms with van der Waals surface area (Å²) in [6.07, 6.45) is 4.68. The standard InChI is InChI=1S/C22H20N4O2S/c1-27-18-8-6-16(7-9-18)12-15-28-21-24-14-11-17(10-13-23)26(21)22-25-19-4-2-3-5-20(19)29-22/h2-9,11,14,17H,10,12,15H2,1H3/t17-/m1/s1. The molecule has 0 spiro atoms. The number of aromatic nitrogens is 1. The molecule has 0 saturated heterocycles. The van der Waals surface area contributed by atoms with Crippen molar-refractivity contribution in [1.29, 1.82) is 5.26 Å². The minimum Gasteiger partial charge on any atom is -0.497 e. The van der Waals surface area contributed by atoms with Crippen LogP contribution >= 0.6 is 11.3 Å². The van der Waals surface area contributed by atoms with Crippen molar-refractivity contribution in [3.05, 3.63) is 66.4 Å². The van der Waals surface area contributed by atoms with Crippen molar-refractivity contribution in [2.75, 3.05) is 18.6 Å². The number of hydrogen-bond donors (Lipinski definition) is 0. The molecule has 4 rings (SSSR count). The van der Waals surface area contributed by atoms with Crippen LogP contribution in [0.5, 0.6) is 5.75 Å². The Balaban J connectivity index is 1.52. The van der Waals surface area contributed by atoms with E-state index < -0.39 is 0 Å². The number of thiazole rings is 1. The maximum absolute atomic E-state index is 9.26. The van der Waals surface area contributed by atoms with Gasteiger partial charge in [-0.3, -0.25) is 4.90 Å². The zero-order chi connectivity index (χ0) is 20.1. The van der Waals surface area contributed by atoms with E-state index in [1.807, 2.05) is 59.5 Å². The normalized spacial score (nSPS) is 15.8. The number of para-hydroxylation sites is 1. The van der Waals surface area contributed by atoms with E-state index in [2.05, 4.69) is 11.1 Å². The van der Waals surface area contributed by atoms with Crippen molar-refractivity contribution < 1.29 is 9.47 Å². The molecule has 1 atom stereocenters. The van der Waals surface area contributed by atoms with Gasteiger partial charge in [-0.15, -0.1) is 0 Å². The average molecular weight is 404 g/mol. The topological polar surface area (TPSA) is 70.7 Å². The zero-order valence-electron chi connectivity index (χ0n) is 16.0. The smallest absolute Gasteiger partial charge is 0.299 e. The SMILES string of the molecule is COc1ccc(CCOC2=NC=C[C@@H](CC#N)N2c2nc3ccccc3s2)cc1. The lowest BCUT2D eigenvalue weighted by atomic mass is 10.1. The first-order chi connectivity index (χ1) is 14.3. The summed E-state index contributed by atoms with van der Waals surface area (Å²) in [5.41, 5.74) is 2.08. The van der Waals surface area contributed by atoms with Gasteiger partial charge in [-0.1, -0.05) is 35.6 Å². The fourth-order valence-corrected chi connectivity index (χ4v) is 4.11. The van der Waals surface area contributed by atoms with E-state index in [1.54, 1.807) is 24.6 Å². The molecule has 0 unspecified atom stereocenters. The number of amidine groups is 1. The number of benzene rings is 2. The van der Waals surface area contributed by atoms with Gasteiger partial charge in [0.25, 0.3) is 6.02 Å². The van der Waals surface area contributed by atoms with Gasteiger partial charge < -0.3 is 9.47 Å². The third-order valence-corrected chi connectivity index (χ3v) is 5.64. The van der Waals surface area contributed by atoms with Gasteiger partial charge in [0, 0.05) is 12.6 Å². The predicted octanol–water partition coefficient (Wildman–Crippen LogP) is 4.54. The quantitative estimate of drug-likeness (QED) is 0.603. The Morgan fingerprint density at radius 2 is 2.00 bits per heavy atom. The summed E-state index contributed by atoms with van der Waals surface area (Å²) in [5.74, 6) is 0.831. The van der Waals surface area contributed by atoms with Crippen LogP contribution in [-0.4, -0.2) is 30.8 Å². The Hall–Kier alpha value is -3.37. The molecule has 0 radical (unpaired) electrons. The highest BCUT2D eigenvalue weighted by Gasteiger charge is 2.28. The molecule has 0 aliphatic carbocycles. The Bertz CT molecular complexity index is 1050. The molecule has 0 amide bonds. The predicted molar refractivity (Wildman–Crippen MR) is 115 cm³/mol. The van der Waals surface area contributed by atoms with Crippen LogP contribution in [0, 0.1) is 11.3 Å². The number of hydrogen-bond acceptors (Lipinski definition) is 7. The van der Waals surface area contributed by atoms with E-state index in [1.165, 1.54) is 0 Å². The first kappa shape index (κ1) is 19.0. The van der Waals surface area contributed by atoms with Crippen LogP contribution in [0.15, 0.2) is 65.8 Å². The van der Waals surface area contributed by atoms with Crippen LogP contribution < -0.4 is 9.64 Å². The van der Waals surface area contributed by atoms with E-state index in [9.17, 15) is 5.26 Å². The maximum Gasteiger partial charge on any atom is 0.299 e. The van der Waals surface area contributed by atoms with Crippen LogP contribution in [0.3, 0.4) is 0 Å². The molecule has 29 heavy (non-hydrogen) atoms. The van der Waals surface area contributed by atoms with Crippen molar-refractivity contribution in [2.24, 2.45) is 4.99 Å². The number of anilines is 1. The minimum atomic E-state index is -0.158. The summed E-state index contributed by atoms with van der Waals surface area (Å²) in [7, 11) is 1.65. The highest BCUT2D eigenvalue weighted by molar-refractivity contribution is 7.22. The van der Waals surface area contributed by atoms with E-state index in [-0.39, 0.29) is 6.04 Å². The number of methoxy groups -OCH3 is 1. The molecule has 1 aromatic heterocycles. The molecule has 0 saturated carbocycles. The summed E-state index contributed by atoms with van der Waals surface area (Å²) in [4.78, 5) is 11.1. The largest absolute Gasteiger partial charge is 0.497 e. The molecule has 1 aliphatic rings. The number of nitrogens with zero attached hydrogens (tertiary/aromatic N) is 4. The van der Waals surface area contributed by atoms with Crippen molar-refractivity contribution >= 4 is 32.7 Å². The molecule has 2 heterocycles. The number of rotatable bonds is 6. The van der Waals surface area contributed by atoms with E-state index in [4.69, 9.17) is 14.5 Å². The first-order valence-corrected chi connectivity index (χ1v) is 10.1. The van der Waals surface area contributed by atoms with Crippen LogP contribution in [-0.2, 0) is 11.2 Å². The Morgan fingerprint density at radius 1 is 1.17 bits per heavy atom. The number of fused-ring (bicyclic) bond motifs is 1. The third kappa shape index (κ3) is 4.23. The number of aliphatic imine (C=N–C) groups is 1. The Kier molecular flexibility index (Phi) is 5.73. The van der Waals surface area contributed by atoms with Crippen molar-refractivity contribution in [2.45, 2.75) is 18.9 Å². The van der Waals surface area contributed by atoms with Gasteiger partial charge in [0.05, 0.1) is 42.5 Å². The summed E-state index contributed by atoms with van der Waals surface area (Å²) >= 11 is 1.57. The van der Waals surface area contributed by atoms with Crippen LogP contribution in [0.2, 0.25) is 0 Å². The molecular weight excluding hydrogens is 384 g/mol. The summed E-state index contributed by atoms with van der Waals surface area (Å²) in [5, 5.41) is 10.0. The minimum absolute atomic E-state index is 0.158. The second-order valence-corrected chi connectivity index (χ2v) is 7.47. The van der Waals surface area contributed by atoms with E-state index in [0.29, 0.717) is 19.0 Å². The molecule has 0 N–H and O–H groups in total. The van der Waals surface area contributed by atoms with Crippen LogP contribution in [0.25, 0.3) is 10.2 Å². The zero-order valence-corrected chi connectivity index (χ0v) is 16.8. The van der Waals surface area contributed by atoms with Gasteiger partial charge in [0.2, 0.25) is 0 Å². The lowest BCUT2D eigenvalue weighted by Gasteiger charge is -2.30. The highest BCUT2D eigenvalue weighted by Crippen LogP contribution is 2.32. The maximum atomic E-state index is 9.26. The van der Waals surface area contributed by atoms with Gasteiger partial charge in [0.15, 0.2) is 5.13 Å². The molecule has 0 fully saturated rings. The van der Waals surface area contributed by atoms with Crippen LogP contribution in [0.4, 0.5) is 5.13 Å². The molecule has 7 heteroatoms.